The first-order chi connectivity index (χ1) is 18.0. The molecule has 1 N–H and O–H groups in total. The Hall–Kier alpha value is -3.49. The minimum Gasteiger partial charge on any atom is -0.497 e. The minimum absolute atomic E-state index is 0.121. The molecule has 0 radical (unpaired) electrons. The zero-order chi connectivity index (χ0) is 26.2. The maximum absolute atomic E-state index is 12.7. The Morgan fingerprint density at radius 1 is 1.00 bits per heavy atom. The van der Waals surface area contributed by atoms with Crippen LogP contribution in [0.4, 0.5) is 5.69 Å². The molecular formula is C28H29ClN4O3S. The highest BCUT2D eigenvalue weighted by Crippen LogP contribution is 2.26. The largest absolute Gasteiger partial charge is 0.497 e. The fourth-order valence-electron chi connectivity index (χ4n) is 3.61. The molecule has 0 aliphatic carbocycles. The van der Waals surface area contributed by atoms with Gasteiger partial charge in [0.15, 0.2) is 11.0 Å². The second kappa shape index (κ2) is 12.7. The van der Waals surface area contributed by atoms with Crippen molar-refractivity contribution < 1.29 is 14.3 Å². The summed E-state index contributed by atoms with van der Waals surface area (Å²) >= 11 is 7.28. The predicted octanol–water partition coefficient (Wildman–Crippen LogP) is 6.75. The van der Waals surface area contributed by atoms with E-state index in [0.717, 1.165) is 23.5 Å². The third-order valence-electron chi connectivity index (χ3n) is 5.92. The van der Waals surface area contributed by atoms with Crippen LogP contribution in [0, 0.1) is 0 Å². The molecule has 0 spiro atoms. The number of nitrogens with one attached hydrogen (secondary N) is 1. The first-order valence-corrected chi connectivity index (χ1v) is 13.3. The molecule has 37 heavy (non-hydrogen) atoms. The molecule has 4 rings (SSSR count). The SMILES string of the molecule is CCC(C)c1ccc(NC(=O)CSc2nnc(COc3ccc(Cl)cc3)n2-c2ccc(OC)cc2)cc1. The lowest BCUT2D eigenvalue weighted by atomic mass is 9.99. The molecule has 9 heteroatoms. The first-order valence-electron chi connectivity index (χ1n) is 12.0. The lowest BCUT2D eigenvalue weighted by molar-refractivity contribution is -0.113. The number of halogens is 1. The number of anilines is 1. The van der Waals surface area contributed by atoms with Gasteiger partial charge in [0.05, 0.1) is 12.9 Å². The van der Waals surface area contributed by atoms with E-state index in [9.17, 15) is 4.79 Å². The Morgan fingerprint density at radius 3 is 2.32 bits per heavy atom. The maximum atomic E-state index is 12.7. The standard InChI is InChI=1S/C28H29ClN4O3S/c1-4-19(2)20-5-9-22(10-6-20)30-27(34)18-37-28-32-31-26(17-36-25-13-7-21(29)8-14-25)33(28)23-11-15-24(35-3)16-12-23/h5-16,19H,4,17-18H2,1-3H3,(H,30,34). The van der Waals surface area contributed by atoms with Crippen molar-refractivity contribution in [3.63, 3.8) is 0 Å². The molecule has 0 saturated carbocycles. The average Bonchev–Trinajstić information content (AvgIpc) is 3.34. The Morgan fingerprint density at radius 2 is 1.68 bits per heavy atom. The number of thioether (sulfide) groups is 1. The molecule has 0 saturated heterocycles. The van der Waals surface area contributed by atoms with Crippen LogP contribution in [0.25, 0.3) is 5.69 Å². The Labute approximate surface area is 226 Å². The van der Waals surface area contributed by atoms with Gasteiger partial charge in [0.2, 0.25) is 5.91 Å². The number of carbonyl (C=O) groups is 1. The van der Waals surface area contributed by atoms with E-state index in [0.29, 0.717) is 27.7 Å². The number of nitrogens with zero attached hydrogens (tertiary/aromatic N) is 3. The summed E-state index contributed by atoms with van der Waals surface area (Å²) in [5.41, 5.74) is 2.87. The summed E-state index contributed by atoms with van der Waals surface area (Å²) in [6.07, 6.45) is 1.07. The summed E-state index contributed by atoms with van der Waals surface area (Å²) in [6.45, 7) is 4.55. The van der Waals surface area contributed by atoms with Gasteiger partial charge in [-0.2, -0.15) is 0 Å². The lowest BCUT2D eigenvalue weighted by Crippen LogP contribution is -2.15. The Balaban J connectivity index is 1.47. The van der Waals surface area contributed by atoms with Gasteiger partial charge in [-0.3, -0.25) is 9.36 Å². The van der Waals surface area contributed by atoms with E-state index in [1.54, 1.807) is 31.4 Å². The van der Waals surface area contributed by atoms with E-state index in [2.05, 4.69) is 41.5 Å². The van der Waals surface area contributed by atoms with E-state index in [1.165, 1.54) is 17.3 Å². The second-order valence-corrected chi connectivity index (χ2v) is 9.82. The number of hydrogen-bond donors (Lipinski definition) is 1. The number of carbonyl (C=O) groups excluding carboxylic acids is 1. The number of amides is 1. The monoisotopic (exact) mass is 536 g/mol. The fraction of sp³-hybridized carbons (Fsp3) is 0.250. The van der Waals surface area contributed by atoms with Gasteiger partial charge in [-0.1, -0.05) is 49.3 Å². The summed E-state index contributed by atoms with van der Waals surface area (Å²) < 4.78 is 13.1. The van der Waals surface area contributed by atoms with Crippen LogP contribution in [0.5, 0.6) is 11.5 Å². The highest BCUT2D eigenvalue weighted by atomic mass is 35.5. The van der Waals surface area contributed by atoms with Gasteiger partial charge in [-0.15, -0.1) is 10.2 Å². The van der Waals surface area contributed by atoms with Crippen molar-refractivity contribution in [1.29, 1.82) is 0 Å². The molecule has 0 fully saturated rings. The van der Waals surface area contributed by atoms with Gasteiger partial charge in [0.1, 0.15) is 18.1 Å². The van der Waals surface area contributed by atoms with Crippen LogP contribution in [0.15, 0.2) is 78.0 Å². The van der Waals surface area contributed by atoms with Crippen molar-refractivity contribution in [1.82, 2.24) is 14.8 Å². The molecule has 4 aromatic rings. The minimum atomic E-state index is -0.121. The van der Waals surface area contributed by atoms with Gasteiger partial charge < -0.3 is 14.8 Å². The molecule has 1 amide bonds. The molecule has 0 bridgehead atoms. The van der Waals surface area contributed by atoms with Crippen molar-refractivity contribution in [3.8, 4) is 17.2 Å². The van der Waals surface area contributed by atoms with Crippen molar-refractivity contribution in [3.05, 3.63) is 89.2 Å². The van der Waals surface area contributed by atoms with Gasteiger partial charge in [-0.25, -0.2) is 0 Å². The quantitative estimate of drug-likeness (QED) is 0.213. The molecule has 1 heterocycles. The lowest BCUT2D eigenvalue weighted by Gasteiger charge is -2.12. The number of ether oxygens (including phenoxy) is 2. The third-order valence-corrected chi connectivity index (χ3v) is 7.10. The number of rotatable bonds is 11. The van der Waals surface area contributed by atoms with Gasteiger partial charge in [0.25, 0.3) is 0 Å². The summed E-state index contributed by atoms with van der Waals surface area (Å²) in [5, 5.41) is 12.9. The fourth-order valence-corrected chi connectivity index (χ4v) is 4.51. The number of methoxy groups -OCH3 is 1. The van der Waals surface area contributed by atoms with Gasteiger partial charge in [0, 0.05) is 16.4 Å². The van der Waals surface area contributed by atoms with E-state index in [4.69, 9.17) is 21.1 Å². The van der Waals surface area contributed by atoms with E-state index < -0.39 is 0 Å². The van der Waals surface area contributed by atoms with Crippen LogP contribution in [0.1, 0.15) is 37.6 Å². The van der Waals surface area contributed by atoms with Crippen LogP contribution in [0.3, 0.4) is 0 Å². The second-order valence-electron chi connectivity index (χ2n) is 8.44. The molecular weight excluding hydrogens is 508 g/mol. The summed E-state index contributed by atoms with van der Waals surface area (Å²) in [4.78, 5) is 12.7. The number of hydrogen-bond acceptors (Lipinski definition) is 6. The topological polar surface area (TPSA) is 78.3 Å². The normalized spacial score (nSPS) is 11.7. The van der Waals surface area contributed by atoms with Crippen LogP contribution >= 0.6 is 23.4 Å². The summed E-state index contributed by atoms with van der Waals surface area (Å²) in [6, 6.07) is 22.7. The first kappa shape index (κ1) is 26.6. The van der Waals surface area contributed by atoms with Crippen molar-refractivity contribution in [2.45, 2.75) is 37.9 Å². The molecule has 0 aliphatic heterocycles. The number of benzene rings is 3. The van der Waals surface area contributed by atoms with Gasteiger partial charge >= 0.3 is 0 Å². The number of aromatic nitrogens is 3. The van der Waals surface area contributed by atoms with Gasteiger partial charge in [-0.05, 0) is 78.6 Å². The van der Waals surface area contributed by atoms with E-state index in [1.807, 2.05) is 41.0 Å². The Bertz CT molecular complexity index is 1310. The third kappa shape index (κ3) is 7.05. The van der Waals surface area contributed by atoms with Crippen LogP contribution < -0.4 is 14.8 Å². The average molecular weight is 537 g/mol. The molecule has 1 atom stereocenters. The molecule has 7 nitrogen and oxygen atoms in total. The highest BCUT2D eigenvalue weighted by molar-refractivity contribution is 7.99. The van der Waals surface area contributed by atoms with Crippen LogP contribution in [-0.2, 0) is 11.4 Å². The van der Waals surface area contributed by atoms with E-state index in [-0.39, 0.29) is 18.3 Å². The molecule has 0 aliphatic rings. The molecule has 1 aromatic heterocycles. The zero-order valence-electron chi connectivity index (χ0n) is 21.0. The van der Waals surface area contributed by atoms with Crippen molar-refractivity contribution >= 4 is 35.0 Å². The van der Waals surface area contributed by atoms with Crippen LogP contribution in [0.2, 0.25) is 5.02 Å². The maximum Gasteiger partial charge on any atom is 0.234 e. The smallest absolute Gasteiger partial charge is 0.234 e. The predicted molar refractivity (Wildman–Crippen MR) is 148 cm³/mol. The highest BCUT2D eigenvalue weighted by Gasteiger charge is 2.17. The van der Waals surface area contributed by atoms with Crippen molar-refractivity contribution in [2.75, 3.05) is 18.2 Å². The summed E-state index contributed by atoms with van der Waals surface area (Å²) in [7, 11) is 1.62. The Kier molecular flexibility index (Phi) is 9.09. The van der Waals surface area contributed by atoms with Crippen LogP contribution in [-0.4, -0.2) is 33.5 Å². The van der Waals surface area contributed by atoms with Crippen molar-refractivity contribution in [2.24, 2.45) is 0 Å². The van der Waals surface area contributed by atoms with E-state index >= 15 is 0 Å². The molecule has 3 aromatic carbocycles. The zero-order valence-corrected chi connectivity index (χ0v) is 22.6. The molecule has 192 valence electrons. The summed E-state index contributed by atoms with van der Waals surface area (Å²) in [5.74, 6) is 2.56. The molecule has 1 unspecified atom stereocenters.